The van der Waals surface area contributed by atoms with E-state index in [1.165, 1.54) is 38.5 Å². The van der Waals surface area contributed by atoms with Crippen molar-refractivity contribution in [2.24, 2.45) is 0 Å². The van der Waals surface area contributed by atoms with Gasteiger partial charge in [-0.1, -0.05) is 25.7 Å². The molecule has 1 aliphatic carbocycles. The number of hydrogen-bond acceptors (Lipinski definition) is 4. The molecule has 0 radical (unpaired) electrons. The molecule has 0 unspecified atom stereocenters. The Balaban J connectivity index is 1.56. The third kappa shape index (κ3) is 4.95. The molecule has 1 aromatic heterocycles. The Morgan fingerprint density at radius 3 is 2.52 bits per heavy atom. The Kier molecular flexibility index (Phi) is 6.31. The van der Waals surface area contributed by atoms with Crippen molar-refractivity contribution in [1.82, 2.24) is 30.6 Å². The first-order valence-electron chi connectivity index (χ1n) is 9.61. The second-order valence-corrected chi connectivity index (χ2v) is 7.55. The third-order valence-electron chi connectivity index (χ3n) is 5.78. The lowest BCUT2D eigenvalue weighted by atomic mass is 9.87. The highest BCUT2D eigenvalue weighted by Crippen LogP contribution is 2.33. The largest absolute Gasteiger partial charge is 0.336 e. The van der Waals surface area contributed by atoms with E-state index >= 15 is 0 Å². The quantitative estimate of drug-likeness (QED) is 0.706. The zero-order chi connectivity index (χ0) is 17.5. The molecule has 1 aromatic rings. The summed E-state index contributed by atoms with van der Waals surface area (Å²) >= 11 is 0. The number of aromatic amines is 1. The summed E-state index contributed by atoms with van der Waals surface area (Å²) < 4.78 is 0. The fraction of sp³-hybridized carbons (Fsp3) is 0.778. The van der Waals surface area contributed by atoms with Crippen molar-refractivity contribution in [3.63, 3.8) is 0 Å². The van der Waals surface area contributed by atoms with E-state index < -0.39 is 0 Å². The van der Waals surface area contributed by atoms with Gasteiger partial charge in [0.05, 0.1) is 12.2 Å². The van der Waals surface area contributed by atoms with E-state index in [2.05, 4.69) is 37.7 Å². The minimum atomic E-state index is -0.0904. The molecule has 0 spiro atoms. The fourth-order valence-electron chi connectivity index (χ4n) is 4.14. The number of aromatic nitrogens is 2. The summed E-state index contributed by atoms with van der Waals surface area (Å²) in [6.45, 7) is 5.67. The van der Waals surface area contributed by atoms with Gasteiger partial charge in [-0.2, -0.15) is 5.10 Å². The Hall–Kier alpha value is -1.60. The number of carbonyl (C=O) groups is 1. The molecule has 1 saturated heterocycles. The molecule has 2 heterocycles. The minimum absolute atomic E-state index is 0.0904. The summed E-state index contributed by atoms with van der Waals surface area (Å²) in [5.74, 6) is 0. The van der Waals surface area contributed by atoms with E-state index in [1.807, 2.05) is 6.07 Å². The van der Waals surface area contributed by atoms with E-state index in [0.29, 0.717) is 6.54 Å². The number of nitrogens with zero attached hydrogens (tertiary/aromatic N) is 3. The molecular formula is C18H32N6O. The van der Waals surface area contributed by atoms with Gasteiger partial charge in [0.15, 0.2) is 0 Å². The van der Waals surface area contributed by atoms with Crippen molar-refractivity contribution in [2.75, 3.05) is 39.8 Å². The molecule has 3 rings (SSSR count). The van der Waals surface area contributed by atoms with Gasteiger partial charge in [0, 0.05) is 44.5 Å². The first-order chi connectivity index (χ1) is 12.2. The van der Waals surface area contributed by atoms with E-state index in [-0.39, 0.29) is 11.6 Å². The zero-order valence-corrected chi connectivity index (χ0v) is 15.4. The van der Waals surface area contributed by atoms with Crippen molar-refractivity contribution in [2.45, 2.75) is 50.6 Å². The van der Waals surface area contributed by atoms with Gasteiger partial charge in [-0.05, 0) is 26.0 Å². The maximum Gasteiger partial charge on any atom is 0.315 e. The maximum atomic E-state index is 12.3. The summed E-state index contributed by atoms with van der Waals surface area (Å²) in [5, 5.41) is 12.8. The van der Waals surface area contributed by atoms with Crippen molar-refractivity contribution in [1.29, 1.82) is 0 Å². The number of piperazine rings is 1. The molecule has 7 heteroatoms. The molecule has 0 aromatic carbocycles. The van der Waals surface area contributed by atoms with Gasteiger partial charge in [0.1, 0.15) is 0 Å². The Bertz CT molecular complexity index is 516. The second kappa shape index (κ2) is 8.67. The van der Waals surface area contributed by atoms with Gasteiger partial charge in [0.2, 0.25) is 0 Å². The topological polar surface area (TPSA) is 76.3 Å². The van der Waals surface area contributed by atoms with Gasteiger partial charge < -0.3 is 15.5 Å². The highest BCUT2D eigenvalue weighted by molar-refractivity contribution is 5.73. The van der Waals surface area contributed by atoms with Gasteiger partial charge >= 0.3 is 6.03 Å². The standard InChI is InChI=1S/C18H32N6O/c1-23-10-12-24(13-11-23)18(7-4-2-3-5-8-18)15-20-17(25)19-14-16-6-9-21-22-16/h6,9H,2-5,7-8,10-15H2,1H3,(H,21,22)(H2,19,20,25). The van der Waals surface area contributed by atoms with Crippen LogP contribution in [0, 0.1) is 0 Å². The van der Waals surface area contributed by atoms with Crippen molar-refractivity contribution in [3.05, 3.63) is 18.0 Å². The van der Waals surface area contributed by atoms with Crippen LogP contribution in [0.5, 0.6) is 0 Å². The Morgan fingerprint density at radius 1 is 1.16 bits per heavy atom. The molecule has 140 valence electrons. The van der Waals surface area contributed by atoms with E-state index in [0.717, 1.165) is 38.4 Å². The first kappa shape index (κ1) is 18.2. The number of carbonyl (C=O) groups excluding carboxylic acids is 1. The van der Waals surface area contributed by atoms with Crippen LogP contribution in [0.15, 0.2) is 12.3 Å². The molecule has 7 nitrogen and oxygen atoms in total. The summed E-state index contributed by atoms with van der Waals surface area (Å²) in [6, 6.07) is 1.78. The summed E-state index contributed by atoms with van der Waals surface area (Å²) in [7, 11) is 2.19. The van der Waals surface area contributed by atoms with Crippen LogP contribution in [0.1, 0.15) is 44.2 Å². The molecular weight excluding hydrogens is 316 g/mol. The lowest BCUT2D eigenvalue weighted by molar-refractivity contribution is 0.0297. The van der Waals surface area contributed by atoms with E-state index in [9.17, 15) is 4.79 Å². The lowest BCUT2D eigenvalue weighted by Crippen LogP contribution is -2.61. The maximum absolute atomic E-state index is 12.3. The van der Waals surface area contributed by atoms with Crippen LogP contribution in [0.2, 0.25) is 0 Å². The van der Waals surface area contributed by atoms with Crippen molar-refractivity contribution >= 4 is 6.03 Å². The van der Waals surface area contributed by atoms with Crippen LogP contribution in [-0.2, 0) is 6.54 Å². The summed E-state index contributed by atoms with van der Waals surface area (Å²) in [4.78, 5) is 17.3. The third-order valence-corrected chi connectivity index (χ3v) is 5.78. The van der Waals surface area contributed by atoms with Crippen molar-refractivity contribution in [3.8, 4) is 0 Å². The smallest absolute Gasteiger partial charge is 0.315 e. The molecule has 0 bridgehead atoms. The molecule has 1 aliphatic heterocycles. The van der Waals surface area contributed by atoms with Gasteiger partial charge in [-0.3, -0.25) is 10.00 Å². The highest BCUT2D eigenvalue weighted by Gasteiger charge is 2.38. The van der Waals surface area contributed by atoms with Crippen LogP contribution in [0.25, 0.3) is 0 Å². The highest BCUT2D eigenvalue weighted by atomic mass is 16.2. The number of urea groups is 1. The number of amides is 2. The summed E-state index contributed by atoms with van der Waals surface area (Å²) in [5.41, 5.74) is 1.04. The average Bonchev–Trinajstić information content (AvgIpc) is 3.03. The molecule has 3 N–H and O–H groups in total. The van der Waals surface area contributed by atoms with Crippen LogP contribution >= 0.6 is 0 Å². The molecule has 2 amide bonds. The second-order valence-electron chi connectivity index (χ2n) is 7.55. The monoisotopic (exact) mass is 348 g/mol. The molecule has 0 atom stereocenters. The number of rotatable bonds is 5. The van der Waals surface area contributed by atoms with Gasteiger partial charge in [-0.15, -0.1) is 0 Å². The fourth-order valence-corrected chi connectivity index (χ4v) is 4.14. The summed E-state index contributed by atoms with van der Waals surface area (Å²) in [6.07, 6.45) is 9.26. The number of likely N-dealkylation sites (N-methyl/N-ethyl adjacent to an activating group) is 1. The van der Waals surface area contributed by atoms with Crippen LogP contribution in [-0.4, -0.2) is 71.3 Å². The SMILES string of the molecule is CN1CCN(C2(CNC(=O)NCc3ccn[nH]3)CCCCCC2)CC1. The lowest BCUT2D eigenvalue weighted by Gasteiger charge is -2.47. The predicted molar refractivity (Wildman–Crippen MR) is 98.3 cm³/mol. The number of H-pyrrole nitrogens is 1. The molecule has 25 heavy (non-hydrogen) atoms. The van der Waals surface area contributed by atoms with Gasteiger partial charge in [0.25, 0.3) is 0 Å². The number of nitrogens with one attached hydrogen (secondary N) is 3. The normalized spacial score (nSPS) is 22.3. The van der Waals surface area contributed by atoms with Crippen LogP contribution < -0.4 is 10.6 Å². The molecule has 2 fully saturated rings. The minimum Gasteiger partial charge on any atom is -0.336 e. The molecule has 2 aliphatic rings. The predicted octanol–water partition coefficient (Wildman–Crippen LogP) is 1.55. The van der Waals surface area contributed by atoms with Gasteiger partial charge in [-0.25, -0.2) is 4.79 Å². The van der Waals surface area contributed by atoms with E-state index in [1.54, 1.807) is 6.20 Å². The number of hydrogen-bond donors (Lipinski definition) is 3. The first-order valence-corrected chi connectivity index (χ1v) is 9.61. The zero-order valence-electron chi connectivity index (χ0n) is 15.4. The van der Waals surface area contributed by atoms with Crippen LogP contribution in [0.3, 0.4) is 0 Å². The Morgan fingerprint density at radius 2 is 1.88 bits per heavy atom. The van der Waals surface area contributed by atoms with E-state index in [4.69, 9.17) is 0 Å². The van der Waals surface area contributed by atoms with Crippen molar-refractivity contribution < 1.29 is 4.79 Å². The molecule has 1 saturated carbocycles. The average molecular weight is 348 g/mol. The van der Waals surface area contributed by atoms with Crippen LogP contribution in [0.4, 0.5) is 4.79 Å². The Labute approximate surface area is 150 Å².